The highest BCUT2D eigenvalue weighted by atomic mass is 16.4. The molecule has 0 atom stereocenters. The molecule has 0 heterocycles. The molecular formula is C15H28N2O3. The van der Waals surface area contributed by atoms with E-state index in [1.807, 2.05) is 20.8 Å². The van der Waals surface area contributed by atoms with Gasteiger partial charge in [0.2, 0.25) is 0 Å². The Morgan fingerprint density at radius 2 is 1.55 bits per heavy atom. The molecule has 2 amide bonds. The third kappa shape index (κ3) is 3.64. The number of nitrogens with one attached hydrogen (secondary N) is 2. The van der Waals surface area contributed by atoms with E-state index in [2.05, 4.69) is 10.6 Å². The number of carboxylic acids is 1. The van der Waals surface area contributed by atoms with Crippen LogP contribution in [0.4, 0.5) is 4.79 Å². The van der Waals surface area contributed by atoms with Crippen molar-refractivity contribution in [2.45, 2.75) is 83.2 Å². The van der Waals surface area contributed by atoms with Gasteiger partial charge in [-0.1, -0.05) is 40.0 Å². The Kier molecular flexibility index (Phi) is 5.84. The zero-order valence-electron chi connectivity index (χ0n) is 12.9. The van der Waals surface area contributed by atoms with E-state index in [4.69, 9.17) is 0 Å². The van der Waals surface area contributed by atoms with E-state index in [9.17, 15) is 14.7 Å². The summed E-state index contributed by atoms with van der Waals surface area (Å²) in [6, 6.07) is -0.347. The fourth-order valence-corrected chi connectivity index (χ4v) is 3.05. The fraction of sp³-hybridized carbons (Fsp3) is 0.867. The van der Waals surface area contributed by atoms with Crippen molar-refractivity contribution in [1.29, 1.82) is 0 Å². The average Bonchev–Trinajstić information content (AvgIpc) is 2.45. The zero-order valence-corrected chi connectivity index (χ0v) is 12.9. The largest absolute Gasteiger partial charge is 0.480 e. The lowest BCUT2D eigenvalue weighted by Crippen LogP contribution is -2.61. The third-order valence-corrected chi connectivity index (χ3v) is 4.88. The smallest absolute Gasteiger partial charge is 0.329 e. The quantitative estimate of drug-likeness (QED) is 0.701. The van der Waals surface area contributed by atoms with Gasteiger partial charge >= 0.3 is 12.0 Å². The third-order valence-electron chi connectivity index (χ3n) is 4.88. The first-order valence-electron chi connectivity index (χ1n) is 7.77. The summed E-state index contributed by atoms with van der Waals surface area (Å²) in [5.41, 5.74) is -1.32. The summed E-state index contributed by atoms with van der Waals surface area (Å²) in [4.78, 5) is 23.8. The molecule has 1 saturated carbocycles. The summed E-state index contributed by atoms with van der Waals surface area (Å²) < 4.78 is 0. The summed E-state index contributed by atoms with van der Waals surface area (Å²) in [5.74, 6) is -0.914. The van der Waals surface area contributed by atoms with Crippen LogP contribution in [-0.4, -0.2) is 28.2 Å². The van der Waals surface area contributed by atoms with E-state index < -0.39 is 11.5 Å². The molecule has 5 heteroatoms. The molecule has 1 aliphatic rings. The molecule has 5 nitrogen and oxygen atoms in total. The van der Waals surface area contributed by atoms with Crippen LogP contribution in [0.2, 0.25) is 0 Å². The number of carboxylic acid groups (broad SMARTS) is 1. The molecule has 0 saturated heterocycles. The molecule has 0 aromatic heterocycles. The monoisotopic (exact) mass is 284 g/mol. The van der Waals surface area contributed by atoms with Gasteiger partial charge in [-0.15, -0.1) is 0 Å². The van der Waals surface area contributed by atoms with Crippen LogP contribution in [0.5, 0.6) is 0 Å². The predicted octanol–water partition coefficient (Wildman–Crippen LogP) is 3.04. The zero-order chi connectivity index (χ0) is 15.2. The second-order valence-corrected chi connectivity index (χ2v) is 5.87. The Balaban J connectivity index is 2.74. The van der Waals surface area contributed by atoms with Crippen molar-refractivity contribution in [2.75, 3.05) is 0 Å². The van der Waals surface area contributed by atoms with E-state index in [0.717, 1.165) is 38.5 Å². The van der Waals surface area contributed by atoms with Crippen molar-refractivity contribution in [3.05, 3.63) is 0 Å². The van der Waals surface area contributed by atoms with Crippen LogP contribution in [0.25, 0.3) is 0 Å². The normalized spacial score (nSPS) is 18.4. The minimum atomic E-state index is -1.08. The van der Waals surface area contributed by atoms with Gasteiger partial charge in [-0.05, 0) is 32.1 Å². The summed E-state index contributed by atoms with van der Waals surface area (Å²) >= 11 is 0. The number of urea groups is 1. The van der Waals surface area contributed by atoms with Gasteiger partial charge in [0, 0.05) is 5.54 Å². The minimum absolute atomic E-state index is 0.238. The number of carbonyl (C=O) groups is 2. The Morgan fingerprint density at radius 3 is 1.95 bits per heavy atom. The Morgan fingerprint density at radius 1 is 1.05 bits per heavy atom. The molecule has 20 heavy (non-hydrogen) atoms. The van der Waals surface area contributed by atoms with Crippen LogP contribution in [0.1, 0.15) is 72.1 Å². The standard InChI is InChI=1S/C15H28N2O3/c1-4-14(5-2,6-3)16-13(20)17-15(12(18)19)10-8-7-9-11-15/h4-11H2,1-3H3,(H,18,19)(H2,16,17,20). The van der Waals surface area contributed by atoms with Crippen LogP contribution < -0.4 is 10.6 Å². The number of aliphatic carboxylic acids is 1. The molecule has 1 fully saturated rings. The lowest BCUT2D eigenvalue weighted by atomic mass is 9.81. The van der Waals surface area contributed by atoms with E-state index in [1.165, 1.54) is 0 Å². The maximum atomic E-state index is 12.2. The Bertz CT molecular complexity index is 337. The molecule has 0 spiro atoms. The molecule has 3 N–H and O–H groups in total. The van der Waals surface area contributed by atoms with Gasteiger partial charge < -0.3 is 15.7 Å². The van der Waals surface area contributed by atoms with Gasteiger partial charge in [0.1, 0.15) is 5.54 Å². The number of hydrogen-bond donors (Lipinski definition) is 3. The lowest BCUT2D eigenvalue weighted by Gasteiger charge is -2.37. The Labute approximate surface area is 121 Å². The van der Waals surface area contributed by atoms with Crippen molar-refractivity contribution >= 4 is 12.0 Å². The highest BCUT2D eigenvalue weighted by molar-refractivity contribution is 5.86. The van der Waals surface area contributed by atoms with E-state index >= 15 is 0 Å². The van der Waals surface area contributed by atoms with Crippen LogP contribution in [0.3, 0.4) is 0 Å². The molecule has 1 aliphatic carbocycles. The molecule has 0 aliphatic heterocycles. The van der Waals surface area contributed by atoms with Crippen LogP contribution in [0, 0.1) is 0 Å². The van der Waals surface area contributed by atoms with Crippen LogP contribution in [0.15, 0.2) is 0 Å². The second kappa shape index (κ2) is 6.95. The van der Waals surface area contributed by atoms with Gasteiger partial charge in [-0.3, -0.25) is 0 Å². The number of hydrogen-bond acceptors (Lipinski definition) is 2. The van der Waals surface area contributed by atoms with Crippen molar-refractivity contribution in [3.8, 4) is 0 Å². The van der Waals surface area contributed by atoms with Gasteiger partial charge in [-0.2, -0.15) is 0 Å². The van der Waals surface area contributed by atoms with E-state index in [0.29, 0.717) is 12.8 Å². The molecular weight excluding hydrogens is 256 g/mol. The van der Waals surface area contributed by atoms with Crippen LogP contribution >= 0.6 is 0 Å². The molecule has 0 aromatic carbocycles. The van der Waals surface area contributed by atoms with E-state index in [-0.39, 0.29) is 11.6 Å². The predicted molar refractivity (Wildman–Crippen MR) is 78.7 cm³/mol. The topological polar surface area (TPSA) is 78.4 Å². The number of carbonyl (C=O) groups excluding carboxylic acids is 1. The van der Waals surface area contributed by atoms with Crippen LogP contribution in [-0.2, 0) is 4.79 Å². The molecule has 116 valence electrons. The first-order chi connectivity index (χ1) is 9.43. The maximum absolute atomic E-state index is 12.2. The van der Waals surface area contributed by atoms with E-state index in [1.54, 1.807) is 0 Å². The fourth-order valence-electron chi connectivity index (χ4n) is 3.05. The molecule has 1 rings (SSSR count). The van der Waals surface area contributed by atoms with Gasteiger partial charge in [-0.25, -0.2) is 9.59 Å². The molecule has 0 bridgehead atoms. The van der Waals surface area contributed by atoms with Gasteiger partial charge in [0.25, 0.3) is 0 Å². The highest BCUT2D eigenvalue weighted by Gasteiger charge is 2.41. The van der Waals surface area contributed by atoms with Crippen molar-refractivity contribution in [2.24, 2.45) is 0 Å². The second-order valence-electron chi connectivity index (χ2n) is 5.87. The van der Waals surface area contributed by atoms with Crippen molar-refractivity contribution in [1.82, 2.24) is 10.6 Å². The van der Waals surface area contributed by atoms with Crippen molar-refractivity contribution < 1.29 is 14.7 Å². The molecule has 0 aromatic rings. The number of rotatable bonds is 6. The SMILES string of the molecule is CCC(CC)(CC)NC(=O)NC1(C(=O)O)CCCCC1. The number of amides is 2. The summed E-state index contributed by atoms with van der Waals surface area (Å²) in [6.07, 6.45) is 6.32. The van der Waals surface area contributed by atoms with Gasteiger partial charge in [0.05, 0.1) is 0 Å². The maximum Gasteiger partial charge on any atom is 0.329 e. The summed E-state index contributed by atoms with van der Waals surface area (Å²) in [6.45, 7) is 6.13. The molecule has 0 radical (unpaired) electrons. The Hall–Kier alpha value is -1.26. The first kappa shape index (κ1) is 16.8. The summed E-state index contributed by atoms with van der Waals surface area (Å²) in [7, 11) is 0. The summed E-state index contributed by atoms with van der Waals surface area (Å²) in [5, 5.41) is 15.2. The average molecular weight is 284 g/mol. The van der Waals surface area contributed by atoms with Crippen molar-refractivity contribution in [3.63, 3.8) is 0 Å². The first-order valence-corrected chi connectivity index (χ1v) is 7.77. The van der Waals surface area contributed by atoms with Gasteiger partial charge in [0.15, 0.2) is 0 Å². The lowest BCUT2D eigenvalue weighted by molar-refractivity contribution is -0.145. The minimum Gasteiger partial charge on any atom is -0.480 e. The molecule has 0 unspecified atom stereocenters. The highest BCUT2D eigenvalue weighted by Crippen LogP contribution is 2.29.